The van der Waals surface area contributed by atoms with Gasteiger partial charge in [0.1, 0.15) is 6.61 Å². The summed E-state index contributed by atoms with van der Waals surface area (Å²) >= 11 is 0. The van der Waals surface area contributed by atoms with E-state index in [1.807, 2.05) is 35.8 Å². The van der Waals surface area contributed by atoms with Gasteiger partial charge < -0.3 is 14.2 Å². The number of carbonyl (C=O) groups excluding carboxylic acids is 5. The number of nitrogens with zero attached hydrogens (tertiary/aromatic N) is 2. The van der Waals surface area contributed by atoms with Gasteiger partial charge in [0, 0.05) is 0 Å². The lowest BCUT2D eigenvalue weighted by molar-refractivity contribution is -0.141. The summed E-state index contributed by atoms with van der Waals surface area (Å²) in [4.78, 5) is 63.0. The molecule has 0 saturated carbocycles. The van der Waals surface area contributed by atoms with Crippen molar-refractivity contribution in [2.45, 2.75) is 39.3 Å². The zero-order chi connectivity index (χ0) is 23.0. The van der Waals surface area contributed by atoms with E-state index < -0.39 is 42.1 Å². The van der Waals surface area contributed by atoms with Crippen molar-refractivity contribution in [2.24, 2.45) is 0 Å². The predicted molar refractivity (Wildman–Crippen MR) is 106 cm³/mol. The van der Waals surface area contributed by atoms with Gasteiger partial charge in [-0.1, -0.05) is 30.3 Å². The van der Waals surface area contributed by atoms with E-state index in [2.05, 4.69) is 0 Å². The van der Waals surface area contributed by atoms with Crippen molar-refractivity contribution in [3.63, 3.8) is 0 Å². The topological polar surface area (TPSA) is 132 Å². The molecule has 11 nitrogen and oxygen atoms in total. The number of rotatable bonds is 7. The van der Waals surface area contributed by atoms with Gasteiger partial charge in [0.2, 0.25) is 0 Å². The van der Waals surface area contributed by atoms with Crippen LogP contribution in [0.3, 0.4) is 0 Å². The molecule has 1 aliphatic rings. The molecule has 4 amide bonds. The number of hydrogen-bond acceptors (Lipinski definition) is 8. The van der Waals surface area contributed by atoms with E-state index in [4.69, 9.17) is 14.2 Å². The second-order valence-corrected chi connectivity index (χ2v) is 6.54. The Bertz CT molecular complexity index is 829. The monoisotopic (exact) mass is 435 g/mol. The molecular weight excluding hydrogens is 410 g/mol. The Balaban J connectivity index is 2.33. The highest BCUT2D eigenvalue weighted by Gasteiger charge is 2.46. The van der Waals surface area contributed by atoms with Crippen LogP contribution in [-0.4, -0.2) is 71.8 Å². The molecule has 2 atom stereocenters. The first-order valence-corrected chi connectivity index (χ1v) is 9.73. The van der Waals surface area contributed by atoms with Gasteiger partial charge in [0.05, 0.1) is 19.3 Å². The third-order valence-corrected chi connectivity index (χ3v) is 4.34. The Morgan fingerprint density at radius 3 is 2.39 bits per heavy atom. The van der Waals surface area contributed by atoms with Crippen LogP contribution in [0.25, 0.3) is 0 Å². The lowest BCUT2D eigenvalue weighted by atomic mass is 10.0. The number of Topliss-reactive ketones (excluding diaryl/α,β-unsaturated/α-hetero) is 1. The maximum atomic E-state index is 13.3. The van der Waals surface area contributed by atoms with Crippen LogP contribution in [0.5, 0.6) is 0 Å². The van der Waals surface area contributed by atoms with Crippen molar-refractivity contribution >= 4 is 30.0 Å². The molecule has 1 aromatic carbocycles. The number of ether oxygens (including phenoxy) is 3. The molecule has 0 aliphatic carbocycles. The van der Waals surface area contributed by atoms with Crippen molar-refractivity contribution in [2.75, 3.05) is 19.8 Å². The minimum Gasteiger partial charge on any atom is -0.449 e. The number of imide groups is 1. The minimum atomic E-state index is -1.85. The number of hydrogen-bond donors (Lipinski definition) is 1. The molecular formula is C20H25N3O8. The number of cyclic esters (lactones) is 1. The van der Waals surface area contributed by atoms with Crippen LogP contribution >= 0.6 is 0 Å². The van der Waals surface area contributed by atoms with Crippen LogP contribution in [0, 0.1) is 0 Å². The summed E-state index contributed by atoms with van der Waals surface area (Å²) in [6.07, 6.45) is -2.89. The van der Waals surface area contributed by atoms with Crippen molar-refractivity contribution in [3.8, 4) is 0 Å². The fraction of sp³-hybridized carbons (Fsp3) is 0.450. The molecule has 11 heteroatoms. The summed E-state index contributed by atoms with van der Waals surface area (Å²) in [6, 6.07) is 6.53. The van der Waals surface area contributed by atoms with Gasteiger partial charge in [-0.05, 0) is 32.8 Å². The van der Waals surface area contributed by atoms with E-state index in [0.717, 1.165) is 17.4 Å². The highest BCUT2D eigenvalue weighted by Crippen LogP contribution is 2.20. The molecule has 0 unspecified atom stereocenters. The molecule has 1 aromatic rings. The van der Waals surface area contributed by atoms with Gasteiger partial charge in [0.15, 0.2) is 11.8 Å². The first kappa shape index (κ1) is 23.6. The smallest absolute Gasteiger partial charge is 0.429 e. The second kappa shape index (κ2) is 11.0. The summed E-state index contributed by atoms with van der Waals surface area (Å²) in [5.41, 5.74) is 2.89. The van der Waals surface area contributed by atoms with E-state index in [-0.39, 0.29) is 26.2 Å². The van der Waals surface area contributed by atoms with E-state index in [9.17, 15) is 24.0 Å². The minimum absolute atomic E-state index is 0.0151. The van der Waals surface area contributed by atoms with Crippen LogP contribution in [0.2, 0.25) is 0 Å². The molecule has 0 radical (unpaired) electrons. The standard InChI is InChI=1S/C20H25N3O8/c1-4-29-18(26)21-23(20(28)30-5-2)16(13(3)24)17(25)22-15(12-31-19(22)27)11-14-9-7-6-8-10-14/h6-10,15-16H,4-5,11-12H2,1-3H3,(H,21,26)/t15-,16-/m0/s1. The van der Waals surface area contributed by atoms with Crippen molar-refractivity contribution in [3.05, 3.63) is 35.9 Å². The molecule has 1 aliphatic heterocycles. The normalized spacial score (nSPS) is 16.2. The van der Waals surface area contributed by atoms with E-state index in [1.165, 1.54) is 13.8 Å². The fourth-order valence-electron chi connectivity index (χ4n) is 3.04. The third-order valence-electron chi connectivity index (χ3n) is 4.34. The average molecular weight is 435 g/mol. The molecule has 0 aromatic heterocycles. The van der Waals surface area contributed by atoms with Gasteiger partial charge in [-0.15, -0.1) is 0 Å². The van der Waals surface area contributed by atoms with Gasteiger partial charge in [-0.25, -0.2) is 24.7 Å². The van der Waals surface area contributed by atoms with Crippen molar-refractivity contribution in [1.82, 2.24) is 15.3 Å². The van der Waals surface area contributed by atoms with Gasteiger partial charge in [-0.3, -0.25) is 9.59 Å². The maximum absolute atomic E-state index is 13.3. The fourth-order valence-corrected chi connectivity index (χ4v) is 3.04. The molecule has 1 saturated heterocycles. The number of nitrogens with one attached hydrogen (secondary N) is 1. The molecule has 1 N–H and O–H groups in total. The molecule has 168 valence electrons. The summed E-state index contributed by atoms with van der Waals surface area (Å²) < 4.78 is 14.6. The second-order valence-electron chi connectivity index (χ2n) is 6.54. The molecule has 31 heavy (non-hydrogen) atoms. The number of hydrazine groups is 1. The Hall–Kier alpha value is -3.63. The highest BCUT2D eigenvalue weighted by molar-refractivity contribution is 6.10. The lowest BCUT2D eigenvalue weighted by Crippen LogP contribution is -2.61. The predicted octanol–water partition coefficient (Wildman–Crippen LogP) is 1.65. The zero-order valence-corrected chi connectivity index (χ0v) is 17.5. The van der Waals surface area contributed by atoms with E-state index in [0.29, 0.717) is 5.01 Å². The molecule has 2 rings (SSSR count). The molecule has 0 spiro atoms. The first-order valence-electron chi connectivity index (χ1n) is 9.73. The van der Waals surface area contributed by atoms with Crippen LogP contribution < -0.4 is 5.43 Å². The quantitative estimate of drug-likeness (QED) is 0.389. The van der Waals surface area contributed by atoms with Crippen molar-refractivity contribution in [1.29, 1.82) is 0 Å². The summed E-state index contributed by atoms with van der Waals surface area (Å²) in [5, 5.41) is 0.428. The third kappa shape index (κ3) is 5.93. The average Bonchev–Trinajstić information content (AvgIpc) is 3.08. The van der Waals surface area contributed by atoms with E-state index in [1.54, 1.807) is 0 Å². The maximum Gasteiger partial charge on any atom is 0.429 e. The van der Waals surface area contributed by atoms with Crippen LogP contribution in [0.15, 0.2) is 30.3 Å². The molecule has 1 heterocycles. The van der Waals surface area contributed by atoms with Crippen LogP contribution in [-0.2, 0) is 30.2 Å². The SMILES string of the molecule is CCOC(=O)NN(C(=O)OCC)[C@@H](C(C)=O)C(=O)N1C(=O)OC[C@@H]1Cc1ccccc1. The van der Waals surface area contributed by atoms with Gasteiger partial charge in [0.25, 0.3) is 5.91 Å². The number of amides is 4. The number of benzene rings is 1. The summed E-state index contributed by atoms with van der Waals surface area (Å²) in [5.74, 6) is -1.83. The number of ketones is 1. The Morgan fingerprint density at radius 1 is 1.16 bits per heavy atom. The van der Waals surface area contributed by atoms with Crippen molar-refractivity contribution < 1.29 is 38.2 Å². The highest BCUT2D eigenvalue weighted by atomic mass is 16.6. The summed E-state index contributed by atoms with van der Waals surface area (Å²) in [7, 11) is 0. The van der Waals surface area contributed by atoms with Gasteiger partial charge >= 0.3 is 18.3 Å². The molecule has 0 bridgehead atoms. The first-order chi connectivity index (χ1) is 14.8. The largest absolute Gasteiger partial charge is 0.449 e. The zero-order valence-electron chi connectivity index (χ0n) is 17.5. The van der Waals surface area contributed by atoms with Crippen LogP contribution in [0.4, 0.5) is 14.4 Å². The van der Waals surface area contributed by atoms with E-state index >= 15 is 0 Å². The number of carbonyl (C=O) groups is 5. The summed E-state index contributed by atoms with van der Waals surface area (Å²) in [6.45, 7) is 3.93. The Morgan fingerprint density at radius 2 is 1.81 bits per heavy atom. The van der Waals surface area contributed by atoms with Gasteiger partial charge in [-0.2, -0.15) is 5.01 Å². The Labute approximate surface area is 179 Å². The Kier molecular flexibility index (Phi) is 8.35. The molecule has 1 fully saturated rings. The van der Waals surface area contributed by atoms with Crippen LogP contribution in [0.1, 0.15) is 26.3 Å². The lowest BCUT2D eigenvalue weighted by Gasteiger charge is -2.31.